The summed E-state index contributed by atoms with van der Waals surface area (Å²) in [6.45, 7) is 2.20. The van der Waals surface area contributed by atoms with E-state index in [1.54, 1.807) is 12.5 Å². The van der Waals surface area contributed by atoms with Crippen molar-refractivity contribution in [2.45, 2.75) is 19.4 Å². The van der Waals surface area contributed by atoms with E-state index >= 15 is 0 Å². The molecular weight excluding hydrogens is 262 g/mol. The molecule has 0 bridgehead atoms. The predicted octanol–water partition coefficient (Wildman–Crippen LogP) is 3.82. The number of hydrogen-bond acceptors (Lipinski definition) is 4. The zero-order valence-electron chi connectivity index (χ0n) is 11.7. The highest BCUT2D eigenvalue weighted by Gasteiger charge is 2.28. The maximum absolute atomic E-state index is 5.42. The fraction of sp³-hybridized carbons (Fsp3) is 0.176. The lowest BCUT2D eigenvalue weighted by molar-refractivity contribution is 0.579. The highest BCUT2D eigenvalue weighted by atomic mass is 16.3. The highest BCUT2D eigenvalue weighted by Crippen LogP contribution is 2.36. The van der Waals surface area contributed by atoms with E-state index in [-0.39, 0.29) is 0 Å². The number of aromatic nitrogens is 2. The zero-order chi connectivity index (χ0) is 14.2. The molecule has 1 atom stereocenters. The van der Waals surface area contributed by atoms with E-state index in [1.807, 2.05) is 18.2 Å². The molecule has 3 heterocycles. The van der Waals surface area contributed by atoms with Crippen LogP contribution in [-0.4, -0.2) is 16.0 Å². The number of anilines is 2. The lowest BCUT2D eigenvalue weighted by atomic mass is 10.1. The van der Waals surface area contributed by atoms with E-state index in [1.165, 1.54) is 11.3 Å². The maximum Gasteiger partial charge on any atom is 0.230 e. The number of hydrogen-bond donors (Lipinski definition) is 0. The average molecular weight is 277 g/mol. The summed E-state index contributed by atoms with van der Waals surface area (Å²) >= 11 is 0. The van der Waals surface area contributed by atoms with E-state index in [9.17, 15) is 0 Å². The van der Waals surface area contributed by atoms with Crippen molar-refractivity contribution in [1.82, 2.24) is 9.97 Å². The molecule has 0 aliphatic carbocycles. The minimum absolute atomic E-state index is 0.356. The molecule has 3 aromatic rings. The normalized spacial score (nSPS) is 17.0. The molecule has 0 saturated carbocycles. The van der Waals surface area contributed by atoms with Crippen molar-refractivity contribution in [2.75, 3.05) is 4.90 Å². The van der Waals surface area contributed by atoms with Gasteiger partial charge in [0.05, 0.1) is 6.26 Å². The van der Waals surface area contributed by atoms with Gasteiger partial charge in [-0.2, -0.15) is 0 Å². The molecule has 0 saturated heterocycles. The second-order valence-corrected chi connectivity index (χ2v) is 5.27. The van der Waals surface area contributed by atoms with Crippen LogP contribution < -0.4 is 4.90 Å². The summed E-state index contributed by atoms with van der Waals surface area (Å²) in [7, 11) is 0. The van der Waals surface area contributed by atoms with Gasteiger partial charge in [0.25, 0.3) is 0 Å². The first kappa shape index (κ1) is 12.1. The molecule has 4 heteroatoms. The first-order valence-corrected chi connectivity index (χ1v) is 7.07. The molecule has 0 N–H and O–H groups in total. The minimum atomic E-state index is 0.356. The summed E-state index contributed by atoms with van der Waals surface area (Å²) in [6, 6.07) is 14.4. The van der Waals surface area contributed by atoms with Crippen LogP contribution in [0.5, 0.6) is 0 Å². The zero-order valence-corrected chi connectivity index (χ0v) is 11.7. The van der Waals surface area contributed by atoms with Gasteiger partial charge in [0.15, 0.2) is 5.76 Å². The van der Waals surface area contributed by atoms with E-state index in [4.69, 9.17) is 4.42 Å². The Labute approximate surface area is 123 Å². The van der Waals surface area contributed by atoms with Gasteiger partial charge in [-0.05, 0) is 43.2 Å². The molecule has 1 unspecified atom stereocenters. The Balaban J connectivity index is 1.79. The van der Waals surface area contributed by atoms with Crippen LogP contribution in [0.3, 0.4) is 0 Å². The predicted molar refractivity (Wildman–Crippen MR) is 81.5 cm³/mol. The number of fused-ring (bicyclic) bond motifs is 1. The Hall–Kier alpha value is -2.62. The maximum atomic E-state index is 5.42. The number of benzene rings is 1. The third kappa shape index (κ3) is 2.00. The molecule has 2 aromatic heterocycles. The summed E-state index contributed by atoms with van der Waals surface area (Å²) in [5.74, 6) is 1.49. The SMILES string of the molecule is CC1Cc2ccccc2N1c1nccc(-c2ccco2)n1. The van der Waals surface area contributed by atoms with Gasteiger partial charge in [-0.15, -0.1) is 0 Å². The first-order chi connectivity index (χ1) is 10.3. The third-order valence-corrected chi connectivity index (χ3v) is 3.84. The second kappa shape index (κ2) is 4.74. The van der Waals surface area contributed by atoms with Crippen LogP contribution in [0, 0.1) is 0 Å². The average Bonchev–Trinajstić information content (AvgIpc) is 3.14. The van der Waals surface area contributed by atoms with Crippen LogP contribution in [-0.2, 0) is 6.42 Å². The van der Waals surface area contributed by atoms with E-state index in [0.717, 1.165) is 23.8 Å². The number of para-hydroxylation sites is 1. The quantitative estimate of drug-likeness (QED) is 0.714. The van der Waals surface area contributed by atoms with Crippen LogP contribution in [0.25, 0.3) is 11.5 Å². The molecule has 0 amide bonds. The van der Waals surface area contributed by atoms with E-state index in [0.29, 0.717) is 6.04 Å². The minimum Gasteiger partial charge on any atom is -0.463 e. The fourth-order valence-corrected chi connectivity index (χ4v) is 2.90. The van der Waals surface area contributed by atoms with Crippen LogP contribution in [0.1, 0.15) is 12.5 Å². The summed E-state index contributed by atoms with van der Waals surface area (Å²) in [5.41, 5.74) is 3.35. The van der Waals surface area contributed by atoms with Crippen LogP contribution in [0.4, 0.5) is 11.6 Å². The van der Waals surface area contributed by atoms with Gasteiger partial charge in [-0.1, -0.05) is 18.2 Å². The van der Waals surface area contributed by atoms with Crippen LogP contribution in [0.15, 0.2) is 59.3 Å². The van der Waals surface area contributed by atoms with Gasteiger partial charge >= 0.3 is 0 Å². The van der Waals surface area contributed by atoms with E-state index < -0.39 is 0 Å². The van der Waals surface area contributed by atoms with Gasteiger partial charge in [0.2, 0.25) is 5.95 Å². The Kier molecular flexibility index (Phi) is 2.74. The Morgan fingerprint density at radius 3 is 2.90 bits per heavy atom. The van der Waals surface area contributed by atoms with Crippen molar-refractivity contribution < 1.29 is 4.42 Å². The van der Waals surface area contributed by atoms with Gasteiger partial charge in [0, 0.05) is 17.9 Å². The van der Waals surface area contributed by atoms with Crippen molar-refractivity contribution in [3.05, 3.63) is 60.5 Å². The number of rotatable bonds is 2. The Morgan fingerprint density at radius 2 is 2.05 bits per heavy atom. The number of nitrogens with zero attached hydrogens (tertiary/aromatic N) is 3. The molecule has 1 aliphatic heterocycles. The summed E-state index contributed by atoms with van der Waals surface area (Å²) in [6.07, 6.45) is 4.46. The lowest BCUT2D eigenvalue weighted by Crippen LogP contribution is -2.25. The van der Waals surface area contributed by atoms with Crippen molar-refractivity contribution in [2.24, 2.45) is 0 Å². The van der Waals surface area contributed by atoms with Crippen molar-refractivity contribution in [3.8, 4) is 11.5 Å². The van der Waals surface area contributed by atoms with Crippen molar-refractivity contribution in [3.63, 3.8) is 0 Å². The van der Waals surface area contributed by atoms with Crippen molar-refractivity contribution >= 4 is 11.6 Å². The molecule has 0 radical (unpaired) electrons. The molecule has 1 aliphatic rings. The van der Waals surface area contributed by atoms with Gasteiger partial charge in [0.1, 0.15) is 5.69 Å². The Bertz CT molecular complexity index is 767. The molecule has 0 fully saturated rings. The molecule has 4 rings (SSSR count). The molecule has 4 nitrogen and oxygen atoms in total. The molecular formula is C17H15N3O. The standard InChI is InChI=1S/C17H15N3O/c1-12-11-13-5-2-3-6-15(13)20(12)17-18-9-8-14(19-17)16-7-4-10-21-16/h2-10,12H,11H2,1H3. The first-order valence-electron chi connectivity index (χ1n) is 7.07. The van der Waals surface area contributed by atoms with Gasteiger partial charge in [-0.3, -0.25) is 0 Å². The topological polar surface area (TPSA) is 42.2 Å². The Morgan fingerprint density at radius 1 is 1.14 bits per heavy atom. The van der Waals surface area contributed by atoms with Gasteiger partial charge in [-0.25, -0.2) is 9.97 Å². The fourth-order valence-electron chi connectivity index (χ4n) is 2.90. The van der Waals surface area contributed by atoms with Crippen LogP contribution in [0.2, 0.25) is 0 Å². The molecule has 0 spiro atoms. The number of furan rings is 1. The second-order valence-electron chi connectivity index (χ2n) is 5.27. The smallest absolute Gasteiger partial charge is 0.230 e. The van der Waals surface area contributed by atoms with E-state index in [2.05, 4.69) is 46.1 Å². The van der Waals surface area contributed by atoms with Gasteiger partial charge < -0.3 is 9.32 Å². The molecule has 1 aromatic carbocycles. The summed E-state index contributed by atoms with van der Waals surface area (Å²) < 4.78 is 5.42. The third-order valence-electron chi connectivity index (χ3n) is 3.84. The largest absolute Gasteiger partial charge is 0.463 e. The molecule has 21 heavy (non-hydrogen) atoms. The monoisotopic (exact) mass is 277 g/mol. The summed E-state index contributed by atoms with van der Waals surface area (Å²) in [5, 5.41) is 0. The van der Waals surface area contributed by atoms with Crippen molar-refractivity contribution in [1.29, 1.82) is 0 Å². The summed E-state index contributed by atoms with van der Waals surface area (Å²) in [4.78, 5) is 11.3. The lowest BCUT2D eigenvalue weighted by Gasteiger charge is -2.22. The molecule has 104 valence electrons. The highest BCUT2D eigenvalue weighted by molar-refractivity contribution is 5.68. The van der Waals surface area contributed by atoms with Crippen LogP contribution >= 0.6 is 0 Å².